The van der Waals surface area contributed by atoms with E-state index in [0.29, 0.717) is 39.3 Å². The Morgan fingerprint density at radius 3 is 2.56 bits per heavy atom. The highest BCUT2D eigenvalue weighted by Crippen LogP contribution is 2.26. The third-order valence-electron chi connectivity index (χ3n) is 5.12. The van der Waals surface area contributed by atoms with Crippen LogP contribution in [0.25, 0.3) is 28.0 Å². The minimum absolute atomic E-state index is 0.137. The van der Waals surface area contributed by atoms with Crippen LogP contribution in [-0.4, -0.2) is 41.3 Å². The zero-order valence-corrected chi connectivity index (χ0v) is 17.2. The maximum Gasteiger partial charge on any atom is 0.298 e. The Labute approximate surface area is 180 Å². The molecule has 5 rings (SSSR count). The number of methoxy groups -OCH3 is 1. The van der Waals surface area contributed by atoms with E-state index in [0.717, 1.165) is 6.07 Å². The van der Waals surface area contributed by atoms with Gasteiger partial charge < -0.3 is 9.84 Å². The van der Waals surface area contributed by atoms with E-state index in [4.69, 9.17) is 4.74 Å². The third kappa shape index (κ3) is 3.44. The van der Waals surface area contributed by atoms with Gasteiger partial charge in [-0.2, -0.15) is 4.98 Å². The van der Waals surface area contributed by atoms with Crippen LogP contribution in [0.1, 0.15) is 24.3 Å². The van der Waals surface area contributed by atoms with Crippen molar-refractivity contribution in [3.05, 3.63) is 71.8 Å². The molecule has 0 aliphatic carbocycles. The molecule has 0 amide bonds. The standard InChI is InChI=1S/C22H18F2N6O2/c1-12(31)18-10-25-17-3-4-29(21(17)27-18)16-8-19-20(26-9-16)28-22(32-2)30(19)11-13-5-14(23)7-15(24)6-13/h3-10,12,31H,11H2,1-2H3. The zero-order chi connectivity index (χ0) is 22.4. The summed E-state index contributed by atoms with van der Waals surface area (Å²) in [7, 11) is 1.47. The van der Waals surface area contributed by atoms with Gasteiger partial charge in [-0.1, -0.05) is 0 Å². The predicted molar refractivity (Wildman–Crippen MR) is 113 cm³/mol. The van der Waals surface area contributed by atoms with Crippen molar-refractivity contribution in [2.75, 3.05) is 7.11 Å². The average Bonchev–Trinajstić information content (AvgIpc) is 3.33. The average molecular weight is 436 g/mol. The summed E-state index contributed by atoms with van der Waals surface area (Å²) in [5.41, 5.74) is 3.82. The molecule has 0 aliphatic heterocycles. The molecular weight excluding hydrogens is 418 g/mol. The molecule has 10 heteroatoms. The molecule has 8 nitrogen and oxygen atoms in total. The number of hydrogen-bond acceptors (Lipinski definition) is 6. The second-order valence-corrected chi connectivity index (χ2v) is 7.36. The Hall–Kier alpha value is -3.92. The third-order valence-corrected chi connectivity index (χ3v) is 5.12. The number of hydrogen-bond donors (Lipinski definition) is 1. The van der Waals surface area contributed by atoms with Gasteiger partial charge in [0.2, 0.25) is 0 Å². The molecule has 1 atom stereocenters. The number of imidazole rings is 1. The second kappa shape index (κ2) is 7.65. The largest absolute Gasteiger partial charge is 0.468 e. The molecule has 1 aromatic carbocycles. The van der Waals surface area contributed by atoms with Crippen molar-refractivity contribution in [3.8, 4) is 11.7 Å². The van der Waals surface area contributed by atoms with Crippen LogP contribution in [0.4, 0.5) is 8.78 Å². The minimum atomic E-state index is -0.756. The lowest BCUT2D eigenvalue weighted by Gasteiger charge is -2.10. The molecule has 0 bridgehead atoms. The predicted octanol–water partition coefficient (Wildman–Crippen LogP) is 3.55. The number of rotatable bonds is 5. The van der Waals surface area contributed by atoms with Crippen molar-refractivity contribution in [1.29, 1.82) is 0 Å². The molecule has 0 fully saturated rings. The second-order valence-electron chi connectivity index (χ2n) is 7.36. The van der Waals surface area contributed by atoms with E-state index in [1.807, 2.05) is 12.1 Å². The SMILES string of the molecule is COc1nc2ncc(-n3ccc4ncc(C(C)O)nc43)cc2n1Cc1cc(F)cc(F)c1. The zero-order valence-electron chi connectivity index (χ0n) is 17.2. The number of pyridine rings is 1. The van der Waals surface area contributed by atoms with E-state index in [-0.39, 0.29) is 12.6 Å². The van der Waals surface area contributed by atoms with Gasteiger partial charge in [0, 0.05) is 12.3 Å². The number of benzene rings is 1. The topological polar surface area (TPSA) is 90.9 Å². The van der Waals surface area contributed by atoms with Crippen molar-refractivity contribution in [2.24, 2.45) is 0 Å². The van der Waals surface area contributed by atoms with Crippen LogP contribution in [0.15, 0.2) is 48.9 Å². The van der Waals surface area contributed by atoms with E-state index in [2.05, 4.69) is 19.9 Å². The van der Waals surface area contributed by atoms with Gasteiger partial charge in [-0.25, -0.2) is 18.7 Å². The van der Waals surface area contributed by atoms with Crippen LogP contribution in [0.3, 0.4) is 0 Å². The first-order chi connectivity index (χ1) is 15.4. The van der Waals surface area contributed by atoms with Gasteiger partial charge in [0.15, 0.2) is 11.3 Å². The fraction of sp³-hybridized carbons (Fsp3) is 0.182. The minimum Gasteiger partial charge on any atom is -0.468 e. The number of aliphatic hydroxyl groups is 1. The van der Waals surface area contributed by atoms with Gasteiger partial charge in [0.05, 0.1) is 49.1 Å². The van der Waals surface area contributed by atoms with Gasteiger partial charge >= 0.3 is 0 Å². The number of halogens is 2. The van der Waals surface area contributed by atoms with Gasteiger partial charge in [0.1, 0.15) is 17.2 Å². The van der Waals surface area contributed by atoms with E-state index < -0.39 is 17.7 Å². The first kappa shape index (κ1) is 20.0. The molecule has 1 unspecified atom stereocenters. The van der Waals surface area contributed by atoms with E-state index in [1.54, 1.807) is 28.5 Å². The maximum atomic E-state index is 13.7. The monoisotopic (exact) mass is 436 g/mol. The van der Waals surface area contributed by atoms with Crippen molar-refractivity contribution < 1.29 is 18.6 Å². The first-order valence-corrected chi connectivity index (χ1v) is 9.80. The van der Waals surface area contributed by atoms with Gasteiger partial charge in [-0.15, -0.1) is 0 Å². The highest BCUT2D eigenvalue weighted by Gasteiger charge is 2.16. The molecule has 4 heterocycles. The highest BCUT2D eigenvalue weighted by molar-refractivity contribution is 5.78. The molecule has 32 heavy (non-hydrogen) atoms. The van der Waals surface area contributed by atoms with Crippen LogP contribution >= 0.6 is 0 Å². The van der Waals surface area contributed by atoms with Crippen molar-refractivity contribution >= 4 is 22.3 Å². The molecule has 0 aliphatic rings. The van der Waals surface area contributed by atoms with Crippen LogP contribution in [0, 0.1) is 11.6 Å². The summed E-state index contributed by atoms with van der Waals surface area (Å²) in [5.74, 6) is -1.32. The molecule has 5 aromatic rings. The summed E-state index contributed by atoms with van der Waals surface area (Å²) in [6, 6.07) is 7.26. The van der Waals surface area contributed by atoms with E-state index >= 15 is 0 Å². The molecule has 0 radical (unpaired) electrons. The smallest absolute Gasteiger partial charge is 0.298 e. The normalized spacial score (nSPS) is 12.5. The van der Waals surface area contributed by atoms with Crippen molar-refractivity contribution in [1.82, 2.24) is 29.1 Å². The summed E-state index contributed by atoms with van der Waals surface area (Å²) in [4.78, 5) is 17.7. The van der Waals surface area contributed by atoms with Crippen LogP contribution < -0.4 is 4.74 Å². The lowest BCUT2D eigenvalue weighted by Crippen LogP contribution is -2.04. The molecule has 4 aromatic heterocycles. The van der Waals surface area contributed by atoms with Crippen LogP contribution in [0.2, 0.25) is 0 Å². The lowest BCUT2D eigenvalue weighted by atomic mass is 10.2. The number of aliphatic hydroxyl groups excluding tert-OH is 1. The Morgan fingerprint density at radius 1 is 1.06 bits per heavy atom. The lowest BCUT2D eigenvalue weighted by molar-refractivity contribution is 0.194. The van der Waals surface area contributed by atoms with E-state index in [1.165, 1.54) is 25.4 Å². The summed E-state index contributed by atoms with van der Waals surface area (Å²) in [5, 5.41) is 9.87. The van der Waals surface area contributed by atoms with E-state index in [9.17, 15) is 13.9 Å². The first-order valence-electron chi connectivity index (χ1n) is 9.80. The van der Waals surface area contributed by atoms with Crippen molar-refractivity contribution in [2.45, 2.75) is 19.6 Å². The van der Waals surface area contributed by atoms with Crippen LogP contribution in [-0.2, 0) is 6.54 Å². The summed E-state index contributed by atoms with van der Waals surface area (Å²) in [6.45, 7) is 1.76. The Morgan fingerprint density at radius 2 is 1.84 bits per heavy atom. The summed E-state index contributed by atoms with van der Waals surface area (Å²) in [6.07, 6.45) is 4.22. The van der Waals surface area contributed by atoms with Crippen LogP contribution in [0.5, 0.6) is 6.01 Å². The quantitative estimate of drug-likeness (QED) is 0.453. The van der Waals surface area contributed by atoms with Crippen molar-refractivity contribution in [3.63, 3.8) is 0 Å². The fourth-order valence-corrected chi connectivity index (χ4v) is 3.62. The maximum absolute atomic E-state index is 13.7. The number of fused-ring (bicyclic) bond motifs is 2. The molecule has 0 saturated carbocycles. The number of aromatic nitrogens is 6. The molecule has 0 spiro atoms. The molecule has 162 valence electrons. The Bertz CT molecular complexity index is 1440. The van der Waals surface area contributed by atoms with Gasteiger partial charge in [-0.3, -0.25) is 14.1 Å². The summed E-state index contributed by atoms with van der Waals surface area (Å²) >= 11 is 0. The molecule has 1 N–H and O–H groups in total. The van der Waals surface area contributed by atoms with Gasteiger partial charge in [-0.05, 0) is 36.8 Å². The molecular formula is C22H18F2N6O2. The highest BCUT2D eigenvalue weighted by atomic mass is 19.1. The fourth-order valence-electron chi connectivity index (χ4n) is 3.62. The summed E-state index contributed by atoms with van der Waals surface area (Å²) < 4.78 is 36.3. The molecule has 0 saturated heterocycles. The number of ether oxygens (including phenoxy) is 1. The Balaban J connectivity index is 1.65. The number of nitrogens with zero attached hydrogens (tertiary/aromatic N) is 6. The Kier molecular flexibility index (Phi) is 4.78. The van der Waals surface area contributed by atoms with Gasteiger partial charge in [0.25, 0.3) is 6.01 Å².